The van der Waals surface area contributed by atoms with Gasteiger partial charge >= 0.3 is 0 Å². The second-order valence-electron chi connectivity index (χ2n) is 7.67. The van der Waals surface area contributed by atoms with E-state index < -0.39 is 18.1 Å². The van der Waals surface area contributed by atoms with Crippen molar-refractivity contribution in [3.63, 3.8) is 0 Å². The number of piperidine rings is 1. The first-order chi connectivity index (χ1) is 14.9. The van der Waals surface area contributed by atoms with Gasteiger partial charge in [-0.05, 0) is 37.5 Å². The van der Waals surface area contributed by atoms with Gasteiger partial charge in [0.15, 0.2) is 5.60 Å². The molecule has 0 radical (unpaired) electrons. The van der Waals surface area contributed by atoms with Crippen molar-refractivity contribution >= 4 is 12.4 Å². The van der Waals surface area contributed by atoms with Gasteiger partial charge in [-0.3, -0.25) is 14.5 Å². The Morgan fingerprint density at radius 2 is 2.03 bits per heavy atom. The van der Waals surface area contributed by atoms with Crippen LogP contribution in [0.5, 0.6) is 0 Å². The van der Waals surface area contributed by atoms with Gasteiger partial charge < -0.3 is 34.1 Å². The van der Waals surface area contributed by atoms with Gasteiger partial charge in [0.1, 0.15) is 11.9 Å². The summed E-state index contributed by atoms with van der Waals surface area (Å²) >= 11 is 0. The topological polar surface area (TPSA) is 118 Å². The van der Waals surface area contributed by atoms with Crippen LogP contribution in [0.15, 0.2) is 23.5 Å². The third-order valence-corrected chi connectivity index (χ3v) is 5.74. The number of β-amino-alcohol motifs (C(OH)–C–C–N with tert-alkyl or cyclic N) is 1. The van der Waals surface area contributed by atoms with Crippen LogP contribution in [-0.4, -0.2) is 104 Å². The number of ether oxygens (including phenoxy) is 4. The Labute approximate surface area is 183 Å². The molecule has 10 heteroatoms. The summed E-state index contributed by atoms with van der Waals surface area (Å²) in [6.45, 7) is 4.43. The monoisotopic (exact) mass is 442 g/mol. The van der Waals surface area contributed by atoms with Crippen LogP contribution in [0.25, 0.3) is 0 Å². The van der Waals surface area contributed by atoms with Gasteiger partial charge in [-0.1, -0.05) is 0 Å². The fourth-order valence-electron chi connectivity index (χ4n) is 3.92. The van der Waals surface area contributed by atoms with Crippen molar-refractivity contribution < 1.29 is 38.7 Å². The van der Waals surface area contributed by atoms with E-state index in [1.54, 1.807) is 20.3 Å². The SMILES string of the molecule is COC/C=C(\C=C(/C)[C@@H](CCN1CCC2(CC1)OC(O)N(CCO)C2=O)OC=O)OC. The molecule has 2 aliphatic rings. The van der Waals surface area contributed by atoms with Crippen molar-refractivity contribution in [3.8, 4) is 0 Å². The minimum atomic E-state index is -1.31. The summed E-state index contributed by atoms with van der Waals surface area (Å²) in [5.74, 6) is 0.353. The summed E-state index contributed by atoms with van der Waals surface area (Å²) in [6, 6.07) is 0. The molecule has 2 fully saturated rings. The second-order valence-corrected chi connectivity index (χ2v) is 7.67. The molecule has 2 saturated heterocycles. The van der Waals surface area contributed by atoms with Crippen LogP contribution in [0.3, 0.4) is 0 Å². The third-order valence-electron chi connectivity index (χ3n) is 5.74. The van der Waals surface area contributed by atoms with Crippen LogP contribution >= 0.6 is 0 Å². The van der Waals surface area contributed by atoms with Crippen molar-refractivity contribution in [2.24, 2.45) is 0 Å². The Morgan fingerprint density at radius 3 is 2.61 bits per heavy atom. The molecule has 2 aliphatic heterocycles. The molecule has 2 N–H and O–H groups in total. The zero-order valence-corrected chi connectivity index (χ0v) is 18.5. The van der Waals surface area contributed by atoms with E-state index in [2.05, 4.69) is 4.90 Å². The highest BCUT2D eigenvalue weighted by Crippen LogP contribution is 2.35. The van der Waals surface area contributed by atoms with Crippen molar-refractivity contribution in [2.45, 2.75) is 44.3 Å². The quantitative estimate of drug-likeness (QED) is 0.245. The van der Waals surface area contributed by atoms with Crippen molar-refractivity contribution in [2.75, 3.05) is 53.6 Å². The normalized spacial score (nSPS) is 23.3. The molecule has 2 atom stereocenters. The maximum atomic E-state index is 12.7. The average Bonchev–Trinajstić information content (AvgIpc) is 2.99. The summed E-state index contributed by atoms with van der Waals surface area (Å²) in [5, 5.41) is 19.1. The first-order valence-corrected chi connectivity index (χ1v) is 10.4. The highest BCUT2D eigenvalue weighted by atomic mass is 16.7. The molecule has 0 bridgehead atoms. The Kier molecular flexibility index (Phi) is 9.92. The van der Waals surface area contributed by atoms with Crippen LogP contribution < -0.4 is 0 Å². The fraction of sp³-hybridized carbons (Fsp3) is 0.714. The molecule has 1 spiro atoms. The maximum Gasteiger partial charge on any atom is 0.293 e. The summed E-state index contributed by atoms with van der Waals surface area (Å²) < 4.78 is 21.2. The number of methoxy groups -OCH3 is 2. The molecule has 1 unspecified atom stereocenters. The predicted molar refractivity (Wildman–Crippen MR) is 111 cm³/mol. The minimum absolute atomic E-state index is 0.0457. The number of hydrogen-bond acceptors (Lipinski definition) is 9. The Bertz CT molecular complexity index is 658. The summed E-state index contributed by atoms with van der Waals surface area (Å²) in [7, 11) is 3.16. The molecule has 0 aromatic carbocycles. The highest BCUT2D eigenvalue weighted by Gasteiger charge is 2.53. The lowest BCUT2D eigenvalue weighted by molar-refractivity contribution is -0.186. The molecule has 2 rings (SSSR count). The Morgan fingerprint density at radius 1 is 1.32 bits per heavy atom. The van der Waals surface area contributed by atoms with Gasteiger partial charge in [0.05, 0.1) is 20.3 Å². The molecule has 1 amide bonds. The van der Waals surface area contributed by atoms with Crippen LogP contribution in [0.1, 0.15) is 26.2 Å². The number of aliphatic hydroxyl groups is 2. The van der Waals surface area contributed by atoms with E-state index in [1.165, 1.54) is 4.90 Å². The first kappa shape index (κ1) is 25.3. The molecule has 2 heterocycles. The molecule has 0 aromatic rings. The number of amides is 1. The van der Waals surface area contributed by atoms with Crippen LogP contribution in [-0.2, 0) is 28.5 Å². The van der Waals surface area contributed by atoms with E-state index in [0.717, 1.165) is 5.57 Å². The smallest absolute Gasteiger partial charge is 0.293 e. The molecule has 10 nitrogen and oxygen atoms in total. The van der Waals surface area contributed by atoms with Gasteiger partial charge in [-0.15, -0.1) is 0 Å². The molecular formula is C21H34N2O8. The fourth-order valence-corrected chi connectivity index (χ4v) is 3.92. The van der Waals surface area contributed by atoms with Crippen molar-refractivity contribution in [1.29, 1.82) is 0 Å². The lowest BCUT2D eigenvalue weighted by Gasteiger charge is -2.37. The van der Waals surface area contributed by atoms with E-state index in [4.69, 9.17) is 24.1 Å². The van der Waals surface area contributed by atoms with Crippen LogP contribution in [0, 0.1) is 0 Å². The van der Waals surface area contributed by atoms with Crippen molar-refractivity contribution in [1.82, 2.24) is 9.80 Å². The van der Waals surface area contributed by atoms with Gasteiger partial charge in [0.2, 0.25) is 6.41 Å². The highest BCUT2D eigenvalue weighted by molar-refractivity contribution is 5.87. The lowest BCUT2D eigenvalue weighted by Crippen LogP contribution is -2.50. The van der Waals surface area contributed by atoms with E-state index in [0.29, 0.717) is 57.7 Å². The lowest BCUT2D eigenvalue weighted by atomic mass is 9.90. The standard InChI is InChI=1S/C21H34N2O8/c1-16(14-17(29-3)5-13-28-2)18(30-15-25)4-8-22-9-6-21(7-10-22)19(26)23(11-12-24)20(27)31-21/h5,14-15,18,20,24,27H,4,6-13H2,1-3H3/b16-14+,17-5+/t18-,20?/m1/s1. The zero-order chi connectivity index (χ0) is 22.9. The first-order valence-electron chi connectivity index (χ1n) is 10.4. The average molecular weight is 443 g/mol. The van der Waals surface area contributed by atoms with E-state index in [-0.39, 0.29) is 19.1 Å². The van der Waals surface area contributed by atoms with Gasteiger partial charge in [-0.25, -0.2) is 0 Å². The zero-order valence-electron chi connectivity index (χ0n) is 18.5. The van der Waals surface area contributed by atoms with Gasteiger partial charge in [-0.2, -0.15) is 0 Å². The molecule has 0 saturated carbocycles. The van der Waals surface area contributed by atoms with E-state index >= 15 is 0 Å². The molecule has 0 aromatic heterocycles. The van der Waals surface area contributed by atoms with Gasteiger partial charge in [0.25, 0.3) is 12.4 Å². The number of carbonyl (C=O) groups is 2. The predicted octanol–water partition coefficient (Wildman–Crippen LogP) is 0.00270. The minimum Gasteiger partial charge on any atom is -0.497 e. The van der Waals surface area contributed by atoms with Gasteiger partial charge in [0, 0.05) is 39.7 Å². The second kappa shape index (κ2) is 12.2. The summed E-state index contributed by atoms with van der Waals surface area (Å²) in [4.78, 5) is 27.0. The molecular weight excluding hydrogens is 408 g/mol. The molecule has 31 heavy (non-hydrogen) atoms. The number of likely N-dealkylation sites (tertiary alicyclic amines) is 1. The number of hydrogen-bond donors (Lipinski definition) is 2. The maximum absolute atomic E-state index is 12.7. The number of aliphatic hydroxyl groups excluding tert-OH is 2. The number of nitrogens with zero attached hydrogens (tertiary/aromatic N) is 2. The Balaban J connectivity index is 1.92. The summed E-state index contributed by atoms with van der Waals surface area (Å²) in [6.07, 6.45) is 3.38. The number of rotatable bonds is 12. The number of allylic oxidation sites excluding steroid dienone is 1. The van der Waals surface area contributed by atoms with Crippen molar-refractivity contribution in [3.05, 3.63) is 23.5 Å². The number of carbonyl (C=O) groups excluding carboxylic acids is 2. The van der Waals surface area contributed by atoms with E-state index in [9.17, 15) is 14.7 Å². The Hall–Kier alpha value is -1.98. The molecule has 0 aliphatic carbocycles. The molecule has 176 valence electrons. The third kappa shape index (κ3) is 6.50. The van der Waals surface area contributed by atoms with Crippen LogP contribution in [0.2, 0.25) is 0 Å². The summed E-state index contributed by atoms with van der Waals surface area (Å²) in [5.41, 5.74) is -0.180. The van der Waals surface area contributed by atoms with E-state index in [1.807, 2.05) is 13.0 Å². The largest absolute Gasteiger partial charge is 0.497 e. The van der Waals surface area contributed by atoms with Crippen LogP contribution in [0.4, 0.5) is 0 Å².